The molecule has 3 atom stereocenters. The number of carbonyl (C=O) groups excluding carboxylic acids is 3. The molecule has 0 aromatic heterocycles. The molecule has 0 radical (unpaired) electrons. The Kier molecular flexibility index (Phi) is 7.38. The molecule has 0 saturated carbocycles. The molecule has 2 heterocycles. The third-order valence-corrected chi connectivity index (χ3v) is 6.19. The molecule has 10 nitrogen and oxygen atoms in total. The quantitative estimate of drug-likeness (QED) is 0.670. The summed E-state index contributed by atoms with van der Waals surface area (Å²) in [5.41, 5.74) is -1.26. The highest BCUT2D eigenvalue weighted by Gasteiger charge is 2.53. The minimum absolute atomic E-state index is 0.0805. The Hall–Kier alpha value is -3.30. The molecule has 2 saturated heterocycles. The number of amides is 3. The second-order valence-corrected chi connectivity index (χ2v) is 10.0. The van der Waals surface area contributed by atoms with Crippen LogP contribution >= 0.6 is 0 Å². The van der Waals surface area contributed by atoms with Crippen LogP contribution in [0.2, 0.25) is 0 Å². The number of carbonyl (C=O) groups is 4. The molecule has 2 N–H and O–H groups in total. The van der Waals surface area contributed by atoms with Gasteiger partial charge < -0.3 is 29.7 Å². The highest BCUT2D eigenvalue weighted by molar-refractivity contribution is 5.89. The van der Waals surface area contributed by atoms with Gasteiger partial charge in [-0.15, -0.1) is 0 Å². The number of carboxylic acids is 1. The van der Waals surface area contributed by atoms with Crippen molar-refractivity contribution < 1.29 is 33.8 Å². The highest BCUT2D eigenvalue weighted by atomic mass is 16.6. The molecule has 1 aromatic rings. The lowest BCUT2D eigenvalue weighted by atomic mass is 9.76. The smallest absolute Gasteiger partial charge is 0.410 e. The van der Waals surface area contributed by atoms with E-state index in [1.807, 2.05) is 30.3 Å². The third kappa shape index (κ3) is 5.78. The zero-order valence-corrected chi connectivity index (χ0v) is 20.1. The van der Waals surface area contributed by atoms with Gasteiger partial charge in [-0.05, 0) is 46.1 Å². The summed E-state index contributed by atoms with van der Waals surface area (Å²) in [7, 11) is 0. The van der Waals surface area contributed by atoms with Gasteiger partial charge in [-0.25, -0.2) is 9.59 Å². The van der Waals surface area contributed by atoms with E-state index >= 15 is 0 Å². The molecule has 1 aromatic carbocycles. The van der Waals surface area contributed by atoms with E-state index < -0.39 is 41.3 Å². The molecule has 2 fully saturated rings. The topological polar surface area (TPSA) is 125 Å². The number of aliphatic carboxylic acids is 1. The first-order valence-electron chi connectivity index (χ1n) is 11.4. The molecular formula is C24H33N3O7. The molecule has 0 bridgehead atoms. The zero-order valence-electron chi connectivity index (χ0n) is 20.1. The van der Waals surface area contributed by atoms with Gasteiger partial charge in [0.15, 0.2) is 0 Å². The van der Waals surface area contributed by atoms with Crippen molar-refractivity contribution >= 4 is 24.1 Å². The van der Waals surface area contributed by atoms with Crippen molar-refractivity contribution in [3.05, 3.63) is 35.9 Å². The van der Waals surface area contributed by atoms with Gasteiger partial charge in [0.2, 0.25) is 5.91 Å². The van der Waals surface area contributed by atoms with E-state index in [9.17, 15) is 24.3 Å². The summed E-state index contributed by atoms with van der Waals surface area (Å²) >= 11 is 0. The van der Waals surface area contributed by atoms with Crippen LogP contribution < -0.4 is 5.32 Å². The molecule has 186 valence electrons. The number of carboxylic acid groups (broad SMARTS) is 1. The summed E-state index contributed by atoms with van der Waals surface area (Å²) in [6.07, 6.45) is -0.642. The lowest BCUT2D eigenvalue weighted by Crippen LogP contribution is -2.62. The normalized spacial score (nSPS) is 25.1. The Morgan fingerprint density at radius 1 is 1.15 bits per heavy atom. The molecule has 2 aliphatic rings. The van der Waals surface area contributed by atoms with E-state index in [-0.39, 0.29) is 25.6 Å². The number of piperidine rings is 1. The van der Waals surface area contributed by atoms with Crippen molar-refractivity contribution in [2.75, 3.05) is 19.6 Å². The fourth-order valence-corrected chi connectivity index (χ4v) is 4.42. The summed E-state index contributed by atoms with van der Waals surface area (Å²) in [4.78, 5) is 53.0. The van der Waals surface area contributed by atoms with E-state index in [2.05, 4.69) is 5.32 Å². The average Bonchev–Trinajstić information content (AvgIpc) is 3.11. The summed E-state index contributed by atoms with van der Waals surface area (Å²) in [5, 5.41) is 12.6. The maximum absolute atomic E-state index is 13.1. The molecule has 0 spiro atoms. The van der Waals surface area contributed by atoms with E-state index in [0.29, 0.717) is 19.4 Å². The van der Waals surface area contributed by atoms with Crippen LogP contribution in [-0.2, 0) is 25.7 Å². The fourth-order valence-electron chi connectivity index (χ4n) is 4.42. The first-order chi connectivity index (χ1) is 15.9. The van der Waals surface area contributed by atoms with Crippen LogP contribution in [0.25, 0.3) is 0 Å². The number of nitrogens with one attached hydrogen (secondary N) is 1. The molecule has 2 aliphatic heterocycles. The average molecular weight is 476 g/mol. The molecule has 34 heavy (non-hydrogen) atoms. The van der Waals surface area contributed by atoms with E-state index in [1.165, 1.54) is 9.80 Å². The van der Waals surface area contributed by atoms with Crippen molar-refractivity contribution in [2.24, 2.45) is 5.41 Å². The van der Waals surface area contributed by atoms with Crippen molar-refractivity contribution in [1.29, 1.82) is 0 Å². The number of benzene rings is 1. The number of likely N-dealkylation sites (tertiary alicyclic amines) is 2. The second-order valence-electron chi connectivity index (χ2n) is 10.0. The molecule has 3 amide bonds. The third-order valence-electron chi connectivity index (χ3n) is 6.19. The maximum Gasteiger partial charge on any atom is 0.410 e. The van der Waals surface area contributed by atoms with Crippen molar-refractivity contribution in [3.8, 4) is 0 Å². The summed E-state index contributed by atoms with van der Waals surface area (Å²) in [5.74, 6) is -1.45. The largest absolute Gasteiger partial charge is 0.481 e. The predicted molar refractivity (Wildman–Crippen MR) is 122 cm³/mol. The molecule has 10 heteroatoms. The SMILES string of the molecule is CC(C)(C)OC(=O)N1CC[C@H](N2CC[C@H](NC(=O)OCc3ccccc3)C2=O)[C@](C)(C(=O)O)C1. The van der Waals surface area contributed by atoms with Crippen molar-refractivity contribution in [2.45, 2.75) is 64.8 Å². The number of nitrogens with zero attached hydrogens (tertiary/aromatic N) is 2. The highest BCUT2D eigenvalue weighted by Crippen LogP contribution is 2.36. The number of alkyl carbamates (subject to hydrolysis) is 1. The lowest BCUT2D eigenvalue weighted by Gasteiger charge is -2.47. The van der Waals surface area contributed by atoms with Gasteiger partial charge in [0, 0.05) is 19.6 Å². The van der Waals surface area contributed by atoms with Gasteiger partial charge >= 0.3 is 18.2 Å². The Bertz CT molecular complexity index is 930. The Morgan fingerprint density at radius 2 is 1.82 bits per heavy atom. The molecule has 0 unspecified atom stereocenters. The van der Waals surface area contributed by atoms with E-state index in [0.717, 1.165) is 5.56 Å². The number of rotatable bonds is 5. The minimum Gasteiger partial charge on any atom is -0.481 e. The number of hydrogen-bond donors (Lipinski definition) is 2. The van der Waals surface area contributed by atoms with Crippen LogP contribution in [0.1, 0.15) is 46.1 Å². The summed E-state index contributed by atoms with van der Waals surface area (Å²) in [6.45, 7) is 7.35. The summed E-state index contributed by atoms with van der Waals surface area (Å²) < 4.78 is 10.6. The van der Waals surface area contributed by atoms with Gasteiger partial charge in [-0.1, -0.05) is 30.3 Å². The monoisotopic (exact) mass is 475 g/mol. The standard InChI is InChI=1S/C24H33N3O7/c1-23(2,3)34-22(32)26-12-11-18(24(4,15-26)20(29)30)27-13-10-17(19(27)28)25-21(31)33-14-16-8-6-5-7-9-16/h5-9,17-18H,10-15H2,1-4H3,(H,25,31)(H,29,30)/t17-,18-,24+/m0/s1. The van der Waals surface area contributed by atoms with Gasteiger partial charge in [-0.2, -0.15) is 0 Å². The van der Waals surface area contributed by atoms with Crippen molar-refractivity contribution in [3.63, 3.8) is 0 Å². The van der Waals surface area contributed by atoms with E-state index in [1.54, 1.807) is 27.7 Å². The Labute approximate surface area is 199 Å². The first kappa shape index (κ1) is 25.3. The Morgan fingerprint density at radius 3 is 2.44 bits per heavy atom. The number of hydrogen-bond acceptors (Lipinski definition) is 6. The van der Waals surface area contributed by atoms with Crippen molar-refractivity contribution in [1.82, 2.24) is 15.1 Å². The first-order valence-corrected chi connectivity index (χ1v) is 11.4. The van der Waals surface area contributed by atoms with Crippen LogP contribution in [0.15, 0.2) is 30.3 Å². The number of ether oxygens (including phenoxy) is 2. The van der Waals surface area contributed by atoms with Gasteiger partial charge in [0.25, 0.3) is 0 Å². The van der Waals surface area contributed by atoms with E-state index in [4.69, 9.17) is 9.47 Å². The molecule has 3 rings (SSSR count). The van der Waals surface area contributed by atoms with Gasteiger partial charge in [-0.3, -0.25) is 9.59 Å². The minimum atomic E-state index is -1.38. The van der Waals surface area contributed by atoms with Crippen LogP contribution in [0.3, 0.4) is 0 Å². The second kappa shape index (κ2) is 9.90. The van der Waals surface area contributed by atoms with Crippen LogP contribution in [0.5, 0.6) is 0 Å². The predicted octanol–water partition coefficient (Wildman–Crippen LogP) is 2.61. The summed E-state index contributed by atoms with van der Waals surface area (Å²) in [6, 6.07) is 7.77. The fraction of sp³-hybridized carbons (Fsp3) is 0.583. The molecule has 0 aliphatic carbocycles. The van der Waals surface area contributed by atoms with Crippen LogP contribution in [-0.4, -0.2) is 76.3 Å². The van der Waals surface area contributed by atoms with Gasteiger partial charge in [0.05, 0.1) is 6.04 Å². The Balaban J connectivity index is 1.62. The lowest BCUT2D eigenvalue weighted by molar-refractivity contribution is -0.158. The van der Waals surface area contributed by atoms with Crippen LogP contribution in [0.4, 0.5) is 9.59 Å². The maximum atomic E-state index is 13.1. The molecular weight excluding hydrogens is 442 g/mol. The zero-order chi connectivity index (χ0) is 25.1. The van der Waals surface area contributed by atoms with Crippen LogP contribution in [0, 0.1) is 5.41 Å². The van der Waals surface area contributed by atoms with Gasteiger partial charge in [0.1, 0.15) is 23.7 Å².